The van der Waals surface area contributed by atoms with E-state index < -0.39 is 0 Å². The van der Waals surface area contributed by atoms with Crippen LogP contribution >= 0.6 is 0 Å². The van der Waals surface area contributed by atoms with E-state index in [2.05, 4.69) is 57.4 Å². The van der Waals surface area contributed by atoms with Crippen LogP contribution < -0.4 is 11.3 Å². The Balaban J connectivity index is 2.85. The average Bonchev–Trinajstić information content (AvgIpc) is 2.25. The highest BCUT2D eigenvalue weighted by Gasteiger charge is 2.14. The molecule has 0 fully saturated rings. The van der Waals surface area contributed by atoms with Crippen LogP contribution in [-0.4, -0.2) is 0 Å². The molecule has 90 valence electrons. The van der Waals surface area contributed by atoms with Gasteiger partial charge in [0.15, 0.2) is 0 Å². The summed E-state index contributed by atoms with van der Waals surface area (Å²) >= 11 is 0. The van der Waals surface area contributed by atoms with E-state index in [1.165, 1.54) is 11.1 Å². The maximum atomic E-state index is 5.56. The van der Waals surface area contributed by atoms with Crippen molar-refractivity contribution in [2.45, 2.75) is 52.0 Å². The molecule has 0 bridgehead atoms. The van der Waals surface area contributed by atoms with Gasteiger partial charge in [0, 0.05) is 6.04 Å². The highest BCUT2D eigenvalue weighted by atomic mass is 15.2. The molecular weight excluding hydrogens is 196 g/mol. The van der Waals surface area contributed by atoms with Gasteiger partial charge < -0.3 is 0 Å². The van der Waals surface area contributed by atoms with Gasteiger partial charge in [-0.25, -0.2) is 0 Å². The lowest BCUT2D eigenvalue weighted by molar-refractivity contribution is 0.509. The van der Waals surface area contributed by atoms with Gasteiger partial charge in [-0.1, -0.05) is 58.4 Å². The summed E-state index contributed by atoms with van der Waals surface area (Å²) in [6, 6.07) is 9.05. The van der Waals surface area contributed by atoms with Crippen LogP contribution in [0.3, 0.4) is 0 Å². The van der Waals surface area contributed by atoms with Gasteiger partial charge in [-0.2, -0.15) is 0 Å². The predicted octanol–water partition coefficient (Wildman–Crippen LogP) is 3.29. The fourth-order valence-corrected chi connectivity index (χ4v) is 1.85. The third-order valence-electron chi connectivity index (χ3n) is 2.96. The molecule has 0 aliphatic heterocycles. The molecule has 1 rings (SSSR count). The van der Waals surface area contributed by atoms with Crippen LogP contribution in [0.5, 0.6) is 0 Å². The first-order valence-corrected chi connectivity index (χ1v) is 6.05. The van der Waals surface area contributed by atoms with Crippen LogP contribution in [0.15, 0.2) is 24.3 Å². The van der Waals surface area contributed by atoms with Crippen molar-refractivity contribution in [2.24, 2.45) is 5.84 Å². The lowest BCUT2D eigenvalue weighted by atomic mass is 9.86. The quantitative estimate of drug-likeness (QED) is 0.603. The lowest BCUT2D eigenvalue weighted by Crippen LogP contribution is -2.27. The Kier molecular flexibility index (Phi) is 4.51. The molecule has 0 aliphatic carbocycles. The molecule has 0 spiro atoms. The van der Waals surface area contributed by atoms with Crippen LogP contribution in [0.2, 0.25) is 0 Å². The van der Waals surface area contributed by atoms with Gasteiger partial charge in [0.25, 0.3) is 0 Å². The smallest absolute Gasteiger partial charge is 0.0459 e. The second-order valence-electron chi connectivity index (χ2n) is 5.38. The monoisotopic (exact) mass is 220 g/mol. The zero-order valence-corrected chi connectivity index (χ0v) is 10.9. The van der Waals surface area contributed by atoms with Crippen molar-refractivity contribution < 1.29 is 0 Å². The van der Waals surface area contributed by atoms with E-state index in [0.29, 0.717) is 0 Å². The standard InChI is InChI=1S/C14H24N2/c1-5-6-13(16-15)11-7-9-12(10-8-11)14(2,3)4/h7-10,13,16H,5-6,15H2,1-4H3. The summed E-state index contributed by atoms with van der Waals surface area (Å²) in [5, 5.41) is 0. The minimum absolute atomic E-state index is 0.217. The van der Waals surface area contributed by atoms with Crippen molar-refractivity contribution in [1.82, 2.24) is 5.43 Å². The first-order chi connectivity index (χ1) is 7.49. The SMILES string of the molecule is CCCC(NN)c1ccc(C(C)(C)C)cc1. The normalized spacial score (nSPS) is 13.8. The van der Waals surface area contributed by atoms with Gasteiger partial charge in [-0.15, -0.1) is 0 Å². The van der Waals surface area contributed by atoms with Crippen molar-refractivity contribution >= 4 is 0 Å². The summed E-state index contributed by atoms with van der Waals surface area (Å²) < 4.78 is 0. The molecule has 0 aliphatic rings. The fraction of sp³-hybridized carbons (Fsp3) is 0.571. The molecule has 0 saturated carbocycles. The molecule has 3 N–H and O–H groups in total. The zero-order chi connectivity index (χ0) is 12.2. The van der Waals surface area contributed by atoms with E-state index in [1.54, 1.807) is 0 Å². The Morgan fingerprint density at radius 2 is 1.75 bits per heavy atom. The summed E-state index contributed by atoms with van der Waals surface area (Å²) in [7, 11) is 0. The van der Waals surface area contributed by atoms with E-state index >= 15 is 0 Å². The fourth-order valence-electron chi connectivity index (χ4n) is 1.85. The number of hydrogen-bond acceptors (Lipinski definition) is 2. The van der Waals surface area contributed by atoms with Crippen LogP contribution in [-0.2, 0) is 5.41 Å². The lowest BCUT2D eigenvalue weighted by Gasteiger charge is -2.21. The summed E-state index contributed by atoms with van der Waals surface area (Å²) in [6.45, 7) is 8.86. The molecule has 1 aromatic carbocycles. The largest absolute Gasteiger partial charge is 0.271 e. The van der Waals surface area contributed by atoms with Crippen molar-refractivity contribution in [3.05, 3.63) is 35.4 Å². The van der Waals surface area contributed by atoms with Crippen LogP contribution in [0.1, 0.15) is 57.7 Å². The van der Waals surface area contributed by atoms with Gasteiger partial charge in [0.2, 0.25) is 0 Å². The maximum absolute atomic E-state index is 5.56. The zero-order valence-electron chi connectivity index (χ0n) is 10.9. The maximum Gasteiger partial charge on any atom is 0.0459 e. The average molecular weight is 220 g/mol. The van der Waals surface area contributed by atoms with Crippen LogP contribution in [0.25, 0.3) is 0 Å². The third-order valence-corrected chi connectivity index (χ3v) is 2.96. The topological polar surface area (TPSA) is 38.0 Å². The first kappa shape index (κ1) is 13.2. The summed E-state index contributed by atoms with van der Waals surface area (Å²) in [4.78, 5) is 0. The third kappa shape index (κ3) is 3.32. The number of nitrogens with one attached hydrogen (secondary N) is 1. The van der Waals surface area contributed by atoms with Gasteiger partial charge in [0.05, 0.1) is 0 Å². The van der Waals surface area contributed by atoms with Crippen molar-refractivity contribution in [2.75, 3.05) is 0 Å². The van der Waals surface area contributed by atoms with Crippen LogP contribution in [0, 0.1) is 0 Å². The Bertz CT molecular complexity index is 309. The Hall–Kier alpha value is -0.860. The Morgan fingerprint density at radius 3 is 2.12 bits per heavy atom. The molecule has 0 aromatic heterocycles. The minimum Gasteiger partial charge on any atom is -0.271 e. The second kappa shape index (κ2) is 5.46. The van der Waals surface area contributed by atoms with E-state index in [9.17, 15) is 0 Å². The first-order valence-electron chi connectivity index (χ1n) is 6.05. The molecule has 0 amide bonds. The summed E-state index contributed by atoms with van der Waals surface area (Å²) in [5.41, 5.74) is 5.73. The van der Waals surface area contributed by atoms with E-state index in [1.807, 2.05) is 0 Å². The highest BCUT2D eigenvalue weighted by molar-refractivity contribution is 5.29. The molecule has 16 heavy (non-hydrogen) atoms. The number of nitrogens with two attached hydrogens (primary N) is 1. The van der Waals surface area contributed by atoms with Gasteiger partial charge >= 0.3 is 0 Å². The molecule has 1 atom stereocenters. The number of hydrazine groups is 1. The van der Waals surface area contributed by atoms with Crippen LogP contribution in [0.4, 0.5) is 0 Å². The molecule has 1 unspecified atom stereocenters. The number of rotatable bonds is 4. The number of benzene rings is 1. The van der Waals surface area contributed by atoms with Crippen molar-refractivity contribution in [3.8, 4) is 0 Å². The van der Waals surface area contributed by atoms with E-state index in [0.717, 1.165) is 12.8 Å². The molecule has 0 radical (unpaired) electrons. The van der Waals surface area contributed by atoms with E-state index in [4.69, 9.17) is 5.84 Å². The molecule has 1 aromatic rings. The number of hydrogen-bond donors (Lipinski definition) is 2. The van der Waals surface area contributed by atoms with Gasteiger partial charge in [-0.3, -0.25) is 11.3 Å². The predicted molar refractivity (Wildman–Crippen MR) is 70.1 cm³/mol. The summed E-state index contributed by atoms with van der Waals surface area (Å²) in [6.07, 6.45) is 2.21. The van der Waals surface area contributed by atoms with Crippen molar-refractivity contribution in [3.63, 3.8) is 0 Å². The molecule has 0 heterocycles. The molecule has 0 saturated heterocycles. The van der Waals surface area contributed by atoms with Gasteiger partial charge in [-0.05, 0) is 23.0 Å². The van der Waals surface area contributed by atoms with Crippen molar-refractivity contribution in [1.29, 1.82) is 0 Å². The van der Waals surface area contributed by atoms with Gasteiger partial charge in [0.1, 0.15) is 0 Å². The molecule has 2 heteroatoms. The minimum atomic E-state index is 0.217. The highest BCUT2D eigenvalue weighted by Crippen LogP contribution is 2.25. The Morgan fingerprint density at radius 1 is 1.19 bits per heavy atom. The molecular formula is C14H24N2. The van der Waals surface area contributed by atoms with E-state index in [-0.39, 0.29) is 11.5 Å². The second-order valence-corrected chi connectivity index (χ2v) is 5.38. The molecule has 2 nitrogen and oxygen atoms in total. The Labute approximate surface area is 99.2 Å². The summed E-state index contributed by atoms with van der Waals surface area (Å²) in [5.74, 6) is 5.56.